The molecule has 0 saturated carbocycles. The lowest BCUT2D eigenvalue weighted by Crippen LogP contribution is -2.02. The van der Waals surface area contributed by atoms with Crippen molar-refractivity contribution in [3.05, 3.63) is 40.4 Å². The van der Waals surface area contributed by atoms with Crippen LogP contribution in [0.15, 0.2) is 29.1 Å². The van der Waals surface area contributed by atoms with Crippen molar-refractivity contribution in [2.75, 3.05) is 0 Å². The smallest absolute Gasteiger partial charge is 0.252 e. The number of aromatic nitrogens is 1. The SMILES string of the molecule is O=c1cc(O)c2cc(F)ccc2[nH]1. The Balaban J connectivity index is 2.95. The predicted molar refractivity (Wildman–Crippen MR) is 46.2 cm³/mol. The van der Waals surface area contributed by atoms with E-state index >= 15 is 0 Å². The largest absolute Gasteiger partial charge is 0.507 e. The number of hydrogen-bond acceptors (Lipinski definition) is 2. The second-order valence-electron chi connectivity index (χ2n) is 2.71. The van der Waals surface area contributed by atoms with Crippen molar-refractivity contribution in [2.24, 2.45) is 0 Å². The first-order valence-electron chi connectivity index (χ1n) is 3.68. The Morgan fingerprint density at radius 1 is 1.31 bits per heavy atom. The number of fused-ring (bicyclic) bond motifs is 1. The zero-order valence-electron chi connectivity index (χ0n) is 6.54. The summed E-state index contributed by atoms with van der Waals surface area (Å²) in [6.45, 7) is 0. The zero-order chi connectivity index (χ0) is 9.42. The fourth-order valence-corrected chi connectivity index (χ4v) is 1.21. The highest BCUT2D eigenvalue weighted by Crippen LogP contribution is 2.20. The van der Waals surface area contributed by atoms with E-state index in [2.05, 4.69) is 4.98 Å². The molecular weight excluding hydrogens is 173 g/mol. The fraction of sp³-hybridized carbons (Fsp3) is 0. The molecule has 0 fully saturated rings. The topological polar surface area (TPSA) is 53.1 Å². The van der Waals surface area contributed by atoms with Gasteiger partial charge < -0.3 is 10.1 Å². The van der Waals surface area contributed by atoms with Crippen LogP contribution >= 0.6 is 0 Å². The van der Waals surface area contributed by atoms with Crippen LogP contribution in [0.1, 0.15) is 0 Å². The van der Waals surface area contributed by atoms with Crippen molar-refractivity contribution in [3.8, 4) is 5.75 Å². The van der Waals surface area contributed by atoms with Crippen molar-refractivity contribution in [1.82, 2.24) is 4.98 Å². The van der Waals surface area contributed by atoms with E-state index in [1.54, 1.807) is 0 Å². The van der Waals surface area contributed by atoms with E-state index in [-0.39, 0.29) is 5.75 Å². The summed E-state index contributed by atoms with van der Waals surface area (Å²) in [7, 11) is 0. The van der Waals surface area contributed by atoms with Gasteiger partial charge in [-0.3, -0.25) is 4.79 Å². The van der Waals surface area contributed by atoms with E-state index < -0.39 is 11.4 Å². The summed E-state index contributed by atoms with van der Waals surface area (Å²) in [4.78, 5) is 13.4. The van der Waals surface area contributed by atoms with E-state index in [1.807, 2.05) is 0 Å². The summed E-state index contributed by atoms with van der Waals surface area (Å²) in [5.74, 6) is -0.659. The second-order valence-corrected chi connectivity index (χ2v) is 2.71. The summed E-state index contributed by atoms with van der Waals surface area (Å²) in [6, 6.07) is 4.81. The van der Waals surface area contributed by atoms with E-state index in [9.17, 15) is 14.3 Å². The number of benzene rings is 1. The van der Waals surface area contributed by atoms with Gasteiger partial charge in [0.05, 0.1) is 5.52 Å². The lowest BCUT2D eigenvalue weighted by Gasteiger charge is -1.99. The number of aromatic hydroxyl groups is 1. The first-order chi connectivity index (χ1) is 6.16. The maximum Gasteiger partial charge on any atom is 0.252 e. The standard InChI is InChI=1S/C9H6FNO2/c10-5-1-2-7-6(3-5)8(12)4-9(13)11-7/h1-4H,(H2,11,12,13). The average Bonchev–Trinajstić information content (AvgIpc) is 2.06. The van der Waals surface area contributed by atoms with Gasteiger partial charge in [0.2, 0.25) is 0 Å². The highest BCUT2D eigenvalue weighted by atomic mass is 19.1. The summed E-state index contributed by atoms with van der Waals surface area (Å²) >= 11 is 0. The molecule has 0 unspecified atom stereocenters. The Bertz CT molecular complexity index is 518. The van der Waals surface area contributed by atoms with Crippen molar-refractivity contribution in [1.29, 1.82) is 0 Å². The van der Waals surface area contributed by atoms with Crippen LogP contribution in [-0.2, 0) is 0 Å². The molecule has 2 rings (SSSR count). The molecule has 1 aromatic carbocycles. The molecular formula is C9H6FNO2. The molecule has 13 heavy (non-hydrogen) atoms. The molecule has 0 atom stereocenters. The molecule has 1 heterocycles. The summed E-state index contributed by atoms with van der Waals surface area (Å²) in [5.41, 5.74) is 0.0167. The number of rotatable bonds is 0. The molecule has 0 radical (unpaired) electrons. The molecule has 0 aliphatic rings. The molecule has 3 nitrogen and oxygen atoms in total. The summed E-state index contributed by atoms with van der Waals surface area (Å²) in [5, 5.41) is 9.60. The van der Waals surface area contributed by atoms with Crippen molar-refractivity contribution >= 4 is 10.9 Å². The third-order valence-electron chi connectivity index (χ3n) is 1.78. The molecule has 1 aromatic heterocycles. The highest BCUT2D eigenvalue weighted by molar-refractivity contribution is 5.84. The first kappa shape index (κ1) is 7.79. The monoisotopic (exact) mass is 179 g/mol. The van der Waals surface area contributed by atoms with Gasteiger partial charge in [0.1, 0.15) is 11.6 Å². The van der Waals surface area contributed by atoms with E-state index in [0.29, 0.717) is 10.9 Å². The maximum absolute atomic E-state index is 12.7. The lowest BCUT2D eigenvalue weighted by molar-refractivity contribution is 0.480. The van der Waals surface area contributed by atoms with Crippen molar-refractivity contribution < 1.29 is 9.50 Å². The van der Waals surface area contributed by atoms with Gasteiger partial charge in [0.15, 0.2) is 0 Å². The van der Waals surface area contributed by atoms with E-state index in [4.69, 9.17) is 0 Å². The van der Waals surface area contributed by atoms with Crippen LogP contribution in [0, 0.1) is 5.82 Å². The number of aromatic amines is 1. The Morgan fingerprint density at radius 3 is 2.85 bits per heavy atom. The first-order valence-corrected chi connectivity index (χ1v) is 3.68. The van der Waals surface area contributed by atoms with Gasteiger partial charge in [0, 0.05) is 11.5 Å². The van der Waals surface area contributed by atoms with Crippen molar-refractivity contribution in [2.45, 2.75) is 0 Å². The van der Waals surface area contributed by atoms with Crippen LogP contribution in [0.25, 0.3) is 10.9 Å². The normalized spacial score (nSPS) is 10.5. The Kier molecular flexibility index (Phi) is 1.55. The summed E-state index contributed by atoms with van der Waals surface area (Å²) < 4.78 is 12.7. The van der Waals surface area contributed by atoms with Crippen LogP contribution in [0.4, 0.5) is 4.39 Å². The summed E-state index contributed by atoms with van der Waals surface area (Å²) in [6.07, 6.45) is 0. The molecule has 66 valence electrons. The number of nitrogens with one attached hydrogen (secondary N) is 1. The Hall–Kier alpha value is -1.84. The second kappa shape index (κ2) is 2.58. The van der Waals surface area contributed by atoms with Gasteiger partial charge >= 0.3 is 0 Å². The van der Waals surface area contributed by atoms with E-state index in [0.717, 1.165) is 6.07 Å². The van der Waals surface area contributed by atoms with Crippen LogP contribution in [-0.4, -0.2) is 10.1 Å². The quantitative estimate of drug-likeness (QED) is 0.641. The number of H-pyrrole nitrogens is 1. The van der Waals surface area contributed by atoms with Crippen LogP contribution in [0.5, 0.6) is 5.75 Å². The average molecular weight is 179 g/mol. The van der Waals surface area contributed by atoms with Crippen LogP contribution < -0.4 is 5.56 Å². The van der Waals surface area contributed by atoms with Gasteiger partial charge in [-0.2, -0.15) is 0 Å². The van der Waals surface area contributed by atoms with E-state index in [1.165, 1.54) is 18.2 Å². The molecule has 4 heteroatoms. The number of pyridine rings is 1. The molecule has 0 amide bonds. The molecule has 2 aromatic rings. The van der Waals surface area contributed by atoms with Crippen LogP contribution in [0.3, 0.4) is 0 Å². The van der Waals surface area contributed by atoms with Gasteiger partial charge in [-0.1, -0.05) is 0 Å². The lowest BCUT2D eigenvalue weighted by atomic mass is 10.2. The molecule has 0 saturated heterocycles. The fourth-order valence-electron chi connectivity index (χ4n) is 1.21. The van der Waals surface area contributed by atoms with Gasteiger partial charge in [0.25, 0.3) is 5.56 Å². The van der Waals surface area contributed by atoms with Crippen LogP contribution in [0.2, 0.25) is 0 Å². The third-order valence-corrected chi connectivity index (χ3v) is 1.78. The Morgan fingerprint density at radius 2 is 2.08 bits per heavy atom. The minimum absolute atomic E-state index is 0.210. The van der Waals surface area contributed by atoms with Gasteiger partial charge in [-0.25, -0.2) is 4.39 Å². The number of hydrogen-bond donors (Lipinski definition) is 2. The molecule has 0 bridgehead atoms. The van der Waals surface area contributed by atoms with Crippen molar-refractivity contribution in [3.63, 3.8) is 0 Å². The number of halogens is 1. The Labute approximate surface area is 72.5 Å². The van der Waals surface area contributed by atoms with Gasteiger partial charge in [-0.15, -0.1) is 0 Å². The molecule has 0 aliphatic carbocycles. The zero-order valence-corrected chi connectivity index (χ0v) is 6.54. The van der Waals surface area contributed by atoms with Gasteiger partial charge in [-0.05, 0) is 18.2 Å². The molecule has 0 aliphatic heterocycles. The third kappa shape index (κ3) is 1.26. The highest BCUT2D eigenvalue weighted by Gasteiger charge is 2.02. The minimum Gasteiger partial charge on any atom is -0.507 e. The molecule has 0 spiro atoms. The predicted octanol–water partition coefficient (Wildman–Crippen LogP) is 1.37. The molecule has 2 N–H and O–H groups in total. The maximum atomic E-state index is 12.7. The minimum atomic E-state index is -0.449.